The van der Waals surface area contributed by atoms with Gasteiger partial charge in [-0.3, -0.25) is 14.5 Å². The fraction of sp³-hybridized carbons (Fsp3) is 0.818. The second-order valence-corrected chi connectivity index (χ2v) is 10.00. The lowest BCUT2D eigenvalue weighted by Gasteiger charge is -2.41. The van der Waals surface area contributed by atoms with Gasteiger partial charge in [-0.25, -0.2) is 0 Å². The number of piperidine rings is 1. The van der Waals surface area contributed by atoms with E-state index in [2.05, 4.69) is 20.0 Å². The molecule has 1 atom stereocenters. The number of hydrogen-bond donors (Lipinski definition) is 0. The lowest BCUT2D eigenvalue weighted by Crippen LogP contribution is -2.47. The van der Waals surface area contributed by atoms with Gasteiger partial charge in [0.2, 0.25) is 23.6 Å². The molecule has 1 spiro atoms. The summed E-state index contributed by atoms with van der Waals surface area (Å²) in [5, 5.41) is 8.56. The lowest BCUT2D eigenvalue weighted by molar-refractivity contribution is -0.140. The van der Waals surface area contributed by atoms with Gasteiger partial charge < -0.3 is 14.2 Å². The van der Waals surface area contributed by atoms with Crippen LogP contribution in [0.25, 0.3) is 0 Å². The van der Waals surface area contributed by atoms with Crippen LogP contribution in [-0.4, -0.2) is 77.0 Å². The number of nitrogens with zero attached hydrogens (tertiary/aromatic N) is 5. The molecule has 3 aliphatic rings. The molecule has 166 valence electrons. The van der Waals surface area contributed by atoms with Crippen LogP contribution in [0.3, 0.4) is 0 Å². The van der Waals surface area contributed by atoms with Crippen molar-refractivity contribution in [2.24, 2.45) is 11.3 Å². The molecule has 2 saturated heterocycles. The predicted octanol–water partition coefficient (Wildman–Crippen LogP) is 2.44. The van der Waals surface area contributed by atoms with Gasteiger partial charge in [0, 0.05) is 45.6 Å². The van der Waals surface area contributed by atoms with Crippen molar-refractivity contribution < 1.29 is 14.0 Å². The van der Waals surface area contributed by atoms with Gasteiger partial charge in [-0.15, -0.1) is 10.2 Å². The van der Waals surface area contributed by atoms with Crippen LogP contribution in [-0.2, 0) is 9.59 Å². The first-order valence-corrected chi connectivity index (χ1v) is 11.3. The lowest BCUT2D eigenvalue weighted by atomic mass is 9.75. The number of amides is 2. The van der Waals surface area contributed by atoms with E-state index in [1.165, 1.54) is 6.42 Å². The van der Waals surface area contributed by atoms with Gasteiger partial charge >= 0.3 is 0 Å². The van der Waals surface area contributed by atoms with Gasteiger partial charge in [0.15, 0.2) is 0 Å². The molecule has 1 aromatic heterocycles. The average molecular weight is 418 g/mol. The van der Waals surface area contributed by atoms with Gasteiger partial charge in [0.1, 0.15) is 0 Å². The molecule has 0 aromatic carbocycles. The smallest absolute Gasteiger partial charge is 0.236 e. The molecule has 8 heteroatoms. The molecule has 30 heavy (non-hydrogen) atoms. The molecule has 8 nitrogen and oxygen atoms in total. The molecule has 3 fully saturated rings. The third-order valence-electron chi connectivity index (χ3n) is 7.27. The van der Waals surface area contributed by atoms with E-state index in [1.807, 2.05) is 13.8 Å². The Kier molecular flexibility index (Phi) is 5.88. The van der Waals surface area contributed by atoms with E-state index >= 15 is 0 Å². The van der Waals surface area contributed by atoms with Crippen LogP contribution in [0.2, 0.25) is 0 Å². The van der Waals surface area contributed by atoms with Crippen LogP contribution in [0.15, 0.2) is 4.42 Å². The van der Waals surface area contributed by atoms with E-state index in [1.54, 1.807) is 19.0 Å². The van der Waals surface area contributed by atoms with Crippen LogP contribution in [0.5, 0.6) is 0 Å². The molecule has 0 N–H and O–H groups in total. The Morgan fingerprint density at radius 1 is 1.20 bits per heavy atom. The van der Waals surface area contributed by atoms with E-state index in [0.29, 0.717) is 24.2 Å². The minimum Gasteiger partial charge on any atom is -0.423 e. The van der Waals surface area contributed by atoms with Gasteiger partial charge in [-0.1, -0.05) is 20.3 Å². The van der Waals surface area contributed by atoms with Crippen molar-refractivity contribution in [2.75, 3.05) is 40.3 Å². The van der Waals surface area contributed by atoms with Gasteiger partial charge in [-0.2, -0.15) is 0 Å². The van der Waals surface area contributed by atoms with Gasteiger partial charge in [0.25, 0.3) is 0 Å². The maximum atomic E-state index is 12.7. The first-order valence-electron chi connectivity index (χ1n) is 11.3. The van der Waals surface area contributed by atoms with Crippen LogP contribution >= 0.6 is 0 Å². The van der Waals surface area contributed by atoms with Gasteiger partial charge in [0.05, 0.1) is 12.6 Å². The van der Waals surface area contributed by atoms with E-state index in [0.717, 1.165) is 51.7 Å². The summed E-state index contributed by atoms with van der Waals surface area (Å²) in [6.07, 6.45) is 6.14. The summed E-state index contributed by atoms with van der Waals surface area (Å²) in [6, 6.07) is -0.0391. The second-order valence-electron chi connectivity index (χ2n) is 10.00. The van der Waals surface area contributed by atoms with Crippen molar-refractivity contribution in [1.82, 2.24) is 24.9 Å². The Labute approximate surface area is 179 Å². The average Bonchev–Trinajstić information content (AvgIpc) is 3.26. The molecule has 0 radical (unpaired) electrons. The Bertz CT molecular complexity index is 777. The molecule has 3 heterocycles. The molecule has 1 aromatic rings. The quantitative estimate of drug-likeness (QED) is 0.732. The Morgan fingerprint density at radius 2 is 1.90 bits per heavy atom. The molecule has 1 unspecified atom stereocenters. The topological polar surface area (TPSA) is 82.8 Å². The largest absolute Gasteiger partial charge is 0.423 e. The Balaban J connectivity index is 1.48. The minimum atomic E-state index is -0.0391. The fourth-order valence-corrected chi connectivity index (χ4v) is 4.96. The van der Waals surface area contributed by atoms with Crippen molar-refractivity contribution >= 4 is 11.8 Å². The van der Waals surface area contributed by atoms with Crippen molar-refractivity contribution in [1.29, 1.82) is 0 Å². The maximum absolute atomic E-state index is 12.7. The molecule has 2 aliphatic heterocycles. The standard InChI is InChI=1S/C22H35N5O3/c1-15(2)19-23-24-20(30-19)17-12-22(14-27(17)13-18(28)25(3)4)8-10-26(11-9-22)21(29)16-6-5-7-16/h15-17H,5-14H2,1-4H3. The zero-order valence-corrected chi connectivity index (χ0v) is 18.8. The number of carbonyl (C=O) groups excluding carboxylic acids is 2. The predicted molar refractivity (Wildman–Crippen MR) is 112 cm³/mol. The summed E-state index contributed by atoms with van der Waals surface area (Å²) in [7, 11) is 3.58. The normalized spacial score (nSPS) is 24.4. The van der Waals surface area contributed by atoms with E-state index in [9.17, 15) is 9.59 Å². The van der Waals surface area contributed by atoms with Crippen LogP contribution in [0.4, 0.5) is 0 Å². The highest BCUT2D eigenvalue weighted by atomic mass is 16.4. The minimum absolute atomic E-state index is 0.0391. The van der Waals surface area contributed by atoms with Crippen molar-refractivity contribution in [3.63, 3.8) is 0 Å². The van der Waals surface area contributed by atoms with Crippen LogP contribution < -0.4 is 0 Å². The number of carbonyl (C=O) groups is 2. The zero-order chi connectivity index (χ0) is 21.5. The van der Waals surface area contributed by atoms with Crippen LogP contribution in [0, 0.1) is 11.3 Å². The molecule has 1 aliphatic carbocycles. The Morgan fingerprint density at radius 3 is 2.43 bits per heavy atom. The number of aromatic nitrogens is 2. The summed E-state index contributed by atoms with van der Waals surface area (Å²) >= 11 is 0. The Hall–Kier alpha value is -1.96. The highest BCUT2D eigenvalue weighted by Crippen LogP contribution is 2.49. The van der Waals surface area contributed by atoms with E-state index < -0.39 is 0 Å². The third kappa shape index (κ3) is 4.11. The van der Waals surface area contributed by atoms with E-state index in [-0.39, 0.29) is 29.2 Å². The van der Waals surface area contributed by atoms with Crippen molar-refractivity contribution in [3.8, 4) is 0 Å². The summed E-state index contributed by atoms with van der Waals surface area (Å²) in [4.78, 5) is 31.1. The third-order valence-corrected chi connectivity index (χ3v) is 7.27. The summed E-state index contributed by atoms with van der Waals surface area (Å²) < 4.78 is 5.99. The SMILES string of the molecule is CC(C)c1nnc(C2CC3(CCN(C(=O)C4CCC4)CC3)CN2CC(=O)N(C)C)o1. The highest BCUT2D eigenvalue weighted by Gasteiger charge is 2.49. The molecule has 1 saturated carbocycles. The summed E-state index contributed by atoms with van der Waals surface area (Å²) in [6.45, 7) is 6.90. The van der Waals surface area contributed by atoms with E-state index in [4.69, 9.17) is 4.42 Å². The number of likely N-dealkylation sites (tertiary alicyclic amines) is 2. The molecule has 2 amide bonds. The first kappa shape index (κ1) is 21.3. The number of rotatable bonds is 5. The molecule has 0 bridgehead atoms. The molecule has 4 rings (SSSR count). The fourth-order valence-electron chi connectivity index (χ4n) is 4.96. The molecular weight excluding hydrogens is 382 g/mol. The first-order chi connectivity index (χ1) is 14.3. The summed E-state index contributed by atoms with van der Waals surface area (Å²) in [5.74, 6) is 2.14. The highest BCUT2D eigenvalue weighted by molar-refractivity contribution is 5.79. The number of likely N-dealkylation sites (N-methyl/N-ethyl adjacent to an activating group) is 1. The zero-order valence-electron chi connectivity index (χ0n) is 18.8. The summed E-state index contributed by atoms with van der Waals surface area (Å²) in [5.41, 5.74) is 0.0973. The number of hydrogen-bond acceptors (Lipinski definition) is 6. The second kappa shape index (κ2) is 8.29. The monoisotopic (exact) mass is 417 g/mol. The van der Waals surface area contributed by atoms with Crippen molar-refractivity contribution in [3.05, 3.63) is 11.8 Å². The van der Waals surface area contributed by atoms with Gasteiger partial charge in [-0.05, 0) is 37.5 Å². The maximum Gasteiger partial charge on any atom is 0.236 e. The van der Waals surface area contributed by atoms with Crippen LogP contribution in [0.1, 0.15) is 76.1 Å². The molecular formula is C22H35N5O3. The van der Waals surface area contributed by atoms with Crippen molar-refractivity contribution in [2.45, 2.75) is 64.3 Å².